The Labute approximate surface area is 119 Å². The standard InChI is InChI=1S/C13H15BrClFN2/c1-3-8(2)18-12-6-9(14)10(16)7-11(12)17-13(18)4-5-15/h6-8H,3-5H2,1-2H3. The predicted octanol–water partition coefficient (Wildman–Crippen LogP) is 4.69. The lowest BCUT2D eigenvalue weighted by molar-refractivity contribution is 0.524. The Kier molecular flexibility index (Phi) is 4.28. The smallest absolute Gasteiger partial charge is 0.139 e. The highest BCUT2D eigenvalue weighted by molar-refractivity contribution is 9.10. The molecule has 1 aromatic carbocycles. The van der Waals surface area contributed by atoms with Crippen LogP contribution in [0.2, 0.25) is 0 Å². The van der Waals surface area contributed by atoms with E-state index in [0.717, 1.165) is 17.8 Å². The largest absolute Gasteiger partial charge is 0.325 e. The fraction of sp³-hybridized carbons (Fsp3) is 0.462. The van der Waals surface area contributed by atoms with E-state index >= 15 is 0 Å². The molecular formula is C13H15BrClFN2. The van der Waals surface area contributed by atoms with Crippen LogP contribution in [0, 0.1) is 5.82 Å². The summed E-state index contributed by atoms with van der Waals surface area (Å²) in [5, 5.41) is 0. The Bertz CT molecular complexity index is 568. The van der Waals surface area contributed by atoms with Gasteiger partial charge in [-0.05, 0) is 35.3 Å². The molecule has 1 unspecified atom stereocenters. The van der Waals surface area contributed by atoms with Gasteiger partial charge in [-0.3, -0.25) is 0 Å². The first-order valence-electron chi connectivity index (χ1n) is 6.00. The van der Waals surface area contributed by atoms with Gasteiger partial charge in [0.15, 0.2) is 0 Å². The van der Waals surface area contributed by atoms with Gasteiger partial charge in [0.2, 0.25) is 0 Å². The van der Waals surface area contributed by atoms with Crippen LogP contribution in [0.1, 0.15) is 32.1 Å². The number of aryl methyl sites for hydroxylation is 1. The molecule has 2 rings (SSSR count). The summed E-state index contributed by atoms with van der Waals surface area (Å²) < 4.78 is 16.2. The third kappa shape index (κ3) is 2.41. The fourth-order valence-corrected chi connectivity index (χ4v) is 2.58. The highest BCUT2D eigenvalue weighted by Gasteiger charge is 2.16. The summed E-state index contributed by atoms with van der Waals surface area (Å²) in [6, 6.07) is 3.59. The number of rotatable bonds is 4. The first-order chi connectivity index (χ1) is 8.58. The van der Waals surface area contributed by atoms with Crippen molar-refractivity contribution in [1.82, 2.24) is 9.55 Å². The maximum atomic E-state index is 13.5. The predicted molar refractivity (Wildman–Crippen MR) is 76.8 cm³/mol. The number of hydrogen-bond donors (Lipinski definition) is 0. The second-order valence-electron chi connectivity index (χ2n) is 4.35. The van der Waals surface area contributed by atoms with Crippen molar-refractivity contribution in [3.8, 4) is 0 Å². The van der Waals surface area contributed by atoms with E-state index in [4.69, 9.17) is 11.6 Å². The summed E-state index contributed by atoms with van der Waals surface area (Å²) in [4.78, 5) is 4.49. The quantitative estimate of drug-likeness (QED) is 0.742. The molecule has 0 radical (unpaired) electrons. The normalized spacial score (nSPS) is 13.2. The molecule has 0 aliphatic carbocycles. The van der Waals surface area contributed by atoms with Gasteiger partial charge >= 0.3 is 0 Å². The minimum absolute atomic E-state index is 0.284. The van der Waals surface area contributed by atoms with Crippen LogP contribution in [0.25, 0.3) is 11.0 Å². The van der Waals surface area contributed by atoms with Gasteiger partial charge < -0.3 is 4.57 Å². The average molecular weight is 334 g/mol. The monoisotopic (exact) mass is 332 g/mol. The van der Waals surface area contributed by atoms with Gasteiger partial charge in [0.1, 0.15) is 11.6 Å². The lowest BCUT2D eigenvalue weighted by Gasteiger charge is -2.15. The van der Waals surface area contributed by atoms with E-state index in [1.165, 1.54) is 6.07 Å². The number of nitrogens with zero attached hydrogens (tertiary/aromatic N) is 2. The van der Waals surface area contributed by atoms with Gasteiger partial charge in [-0.2, -0.15) is 0 Å². The summed E-state index contributed by atoms with van der Waals surface area (Å²) in [6.07, 6.45) is 1.69. The minimum atomic E-state index is -0.284. The van der Waals surface area contributed by atoms with Gasteiger partial charge in [0, 0.05) is 24.4 Å². The van der Waals surface area contributed by atoms with Crippen molar-refractivity contribution >= 4 is 38.6 Å². The second kappa shape index (κ2) is 5.57. The molecule has 0 amide bonds. The molecule has 2 aromatic rings. The number of benzene rings is 1. The summed E-state index contributed by atoms with van der Waals surface area (Å²) in [5.74, 6) is 1.16. The molecule has 18 heavy (non-hydrogen) atoms. The molecule has 0 fully saturated rings. The number of aromatic nitrogens is 2. The summed E-state index contributed by atoms with van der Waals surface area (Å²) in [6.45, 7) is 4.26. The molecule has 98 valence electrons. The molecule has 1 atom stereocenters. The van der Waals surface area contributed by atoms with E-state index in [-0.39, 0.29) is 5.82 Å². The Morgan fingerprint density at radius 2 is 2.22 bits per heavy atom. The van der Waals surface area contributed by atoms with Gasteiger partial charge in [-0.25, -0.2) is 9.37 Å². The van der Waals surface area contributed by atoms with E-state index in [1.54, 1.807) is 6.07 Å². The van der Waals surface area contributed by atoms with Crippen molar-refractivity contribution in [2.24, 2.45) is 0 Å². The molecule has 0 saturated heterocycles. The van der Waals surface area contributed by atoms with E-state index in [9.17, 15) is 4.39 Å². The molecular weight excluding hydrogens is 319 g/mol. The molecule has 0 aliphatic rings. The molecule has 0 saturated carbocycles. The fourth-order valence-electron chi connectivity index (χ4n) is 2.08. The third-order valence-corrected chi connectivity index (χ3v) is 3.95. The van der Waals surface area contributed by atoms with Crippen molar-refractivity contribution in [2.45, 2.75) is 32.7 Å². The van der Waals surface area contributed by atoms with Crippen molar-refractivity contribution in [3.05, 3.63) is 28.2 Å². The Morgan fingerprint density at radius 3 is 2.83 bits per heavy atom. The number of alkyl halides is 1. The topological polar surface area (TPSA) is 17.8 Å². The van der Waals surface area contributed by atoms with Crippen LogP contribution >= 0.6 is 27.5 Å². The van der Waals surface area contributed by atoms with Gasteiger partial charge in [0.25, 0.3) is 0 Å². The maximum absolute atomic E-state index is 13.5. The number of hydrogen-bond acceptors (Lipinski definition) is 1. The average Bonchev–Trinajstić information content (AvgIpc) is 2.67. The molecule has 1 aromatic heterocycles. The molecule has 0 N–H and O–H groups in total. The van der Waals surface area contributed by atoms with E-state index in [0.29, 0.717) is 28.3 Å². The number of halogens is 3. The number of fused-ring (bicyclic) bond motifs is 1. The number of imidazole rings is 1. The van der Waals surface area contributed by atoms with Crippen LogP contribution in [0.15, 0.2) is 16.6 Å². The summed E-state index contributed by atoms with van der Waals surface area (Å²) in [5.41, 5.74) is 1.65. The van der Waals surface area contributed by atoms with Gasteiger partial charge in [-0.1, -0.05) is 6.92 Å². The Balaban J connectivity index is 2.68. The molecule has 0 spiro atoms. The van der Waals surface area contributed by atoms with Crippen molar-refractivity contribution in [3.63, 3.8) is 0 Å². The van der Waals surface area contributed by atoms with Crippen LogP contribution in [0.3, 0.4) is 0 Å². The molecule has 0 bridgehead atoms. The second-order valence-corrected chi connectivity index (χ2v) is 5.58. The zero-order valence-corrected chi connectivity index (χ0v) is 12.7. The maximum Gasteiger partial charge on any atom is 0.139 e. The minimum Gasteiger partial charge on any atom is -0.325 e. The highest BCUT2D eigenvalue weighted by atomic mass is 79.9. The van der Waals surface area contributed by atoms with Crippen molar-refractivity contribution in [1.29, 1.82) is 0 Å². The molecule has 0 aliphatic heterocycles. The first-order valence-corrected chi connectivity index (χ1v) is 7.33. The van der Waals surface area contributed by atoms with E-state index in [2.05, 4.69) is 39.3 Å². The van der Waals surface area contributed by atoms with Crippen LogP contribution in [-0.4, -0.2) is 15.4 Å². The van der Waals surface area contributed by atoms with Crippen LogP contribution < -0.4 is 0 Å². The first kappa shape index (κ1) is 13.8. The summed E-state index contributed by atoms with van der Waals surface area (Å²) >= 11 is 9.04. The molecule has 2 nitrogen and oxygen atoms in total. The van der Waals surface area contributed by atoms with Crippen LogP contribution in [-0.2, 0) is 6.42 Å². The Hall–Kier alpha value is -0.610. The molecule has 5 heteroatoms. The van der Waals surface area contributed by atoms with Crippen molar-refractivity contribution < 1.29 is 4.39 Å². The lowest BCUT2D eigenvalue weighted by Crippen LogP contribution is -2.09. The SMILES string of the molecule is CCC(C)n1c(CCCl)nc2cc(F)c(Br)cc21. The zero-order valence-electron chi connectivity index (χ0n) is 10.4. The van der Waals surface area contributed by atoms with Gasteiger partial charge in [-0.15, -0.1) is 11.6 Å². The molecule has 1 heterocycles. The van der Waals surface area contributed by atoms with E-state index < -0.39 is 0 Å². The van der Waals surface area contributed by atoms with E-state index in [1.807, 2.05) is 0 Å². The highest BCUT2D eigenvalue weighted by Crippen LogP contribution is 2.28. The summed E-state index contributed by atoms with van der Waals surface area (Å²) in [7, 11) is 0. The van der Waals surface area contributed by atoms with Crippen molar-refractivity contribution in [2.75, 3.05) is 5.88 Å². The Morgan fingerprint density at radius 1 is 1.50 bits per heavy atom. The zero-order chi connectivity index (χ0) is 13.3. The lowest BCUT2D eigenvalue weighted by atomic mass is 10.2. The van der Waals surface area contributed by atoms with Gasteiger partial charge in [0.05, 0.1) is 15.5 Å². The van der Waals surface area contributed by atoms with Crippen LogP contribution in [0.4, 0.5) is 4.39 Å². The third-order valence-electron chi connectivity index (χ3n) is 3.15. The van der Waals surface area contributed by atoms with Crippen LogP contribution in [0.5, 0.6) is 0 Å².